The van der Waals surface area contributed by atoms with Gasteiger partial charge >= 0.3 is 0 Å². The van der Waals surface area contributed by atoms with E-state index in [9.17, 15) is 0 Å². The van der Waals surface area contributed by atoms with Crippen LogP contribution in [0.15, 0.2) is 0 Å². The van der Waals surface area contributed by atoms with E-state index in [0.29, 0.717) is 17.9 Å². The molecule has 88 valence electrons. The number of H-pyrrole nitrogens is 1. The zero-order chi connectivity index (χ0) is 11.0. The van der Waals surface area contributed by atoms with Crippen LogP contribution in [0.3, 0.4) is 0 Å². The summed E-state index contributed by atoms with van der Waals surface area (Å²) in [5.41, 5.74) is 5.93. The first-order valence-electron chi connectivity index (χ1n) is 6.50. The highest BCUT2D eigenvalue weighted by atomic mass is 15.2. The molecular formula is C12H20N4. The van der Waals surface area contributed by atoms with Gasteiger partial charge in [-0.3, -0.25) is 5.10 Å². The Hall–Kier alpha value is -0.900. The molecule has 0 saturated heterocycles. The van der Waals surface area contributed by atoms with Crippen molar-refractivity contribution >= 4 is 0 Å². The quantitative estimate of drug-likeness (QED) is 0.801. The Morgan fingerprint density at radius 3 is 2.56 bits per heavy atom. The minimum Gasteiger partial charge on any atom is -0.328 e. The summed E-state index contributed by atoms with van der Waals surface area (Å²) in [7, 11) is 0. The molecule has 4 nitrogen and oxygen atoms in total. The molecule has 1 aromatic rings. The third kappa shape index (κ3) is 1.86. The highest BCUT2D eigenvalue weighted by Crippen LogP contribution is 2.35. The van der Waals surface area contributed by atoms with Gasteiger partial charge in [0, 0.05) is 17.9 Å². The van der Waals surface area contributed by atoms with Gasteiger partial charge in [0.2, 0.25) is 0 Å². The van der Waals surface area contributed by atoms with Gasteiger partial charge in [0.05, 0.1) is 0 Å². The number of rotatable bonds is 2. The molecule has 1 aromatic heterocycles. The summed E-state index contributed by atoms with van der Waals surface area (Å²) in [5, 5.41) is 7.52. The average molecular weight is 220 g/mol. The number of hydrogen-bond acceptors (Lipinski definition) is 3. The fourth-order valence-corrected chi connectivity index (χ4v) is 3.10. The van der Waals surface area contributed by atoms with Crippen LogP contribution in [-0.4, -0.2) is 21.2 Å². The molecule has 0 amide bonds. The number of nitrogens with one attached hydrogen (secondary N) is 1. The summed E-state index contributed by atoms with van der Waals surface area (Å²) in [6, 6.07) is 0.360. The lowest BCUT2D eigenvalue weighted by Crippen LogP contribution is -2.14. The van der Waals surface area contributed by atoms with Crippen LogP contribution >= 0.6 is 0 Å². The molecule has 2 atom stereocenters. The maximum absolute atomic E-state index is 5.93. The van der Waals surface area contributed by atoms with Gasteiger partial charge in [0.15, 0.2) is 5.82 Å². The van der Waals surface area contributed by atoms with Crippen molar-refractivity contribution in [2.75, 3.05) is 0 Å². The molecule has 3 N–H and O–H groups in total. The highest BCUT2D eigenvalue weighted by molar-refractivity contribution is 5.06. The van der Waals surface area contributed by atoms with Crippen molar-refractivity contribution in [3.8, 4) is 0 Å². The number of hydrogen-bond donors (Lipinski definition) is 2. The third-order valence-electron chi connectivity index (χ3n) is 4.10. The van der Waals surface area contributed by atoms with E-state index in [0.717, 1.165) is 30.9 Å². The molecule has 0 aliphatic heterocycles. The summed E-state index contributed by atoms with van der Waals surface area (Å²) >= 11 is 0. The summed E-state index contributed by atoms with van der Waals surface area (Å²) in [5.74, 6) is 3.26. The average Bonchev–Trinajstić information content (AvgIpc) is 2.97. The number of nitrogens with two attached hydrogens (primary N) is 1. The lowest BCUT2D eigenvalue weighted by molar-refractivity contribution is 0.641. The van der Waals surface area contributed by atoms with Gasteiger partial charge in [-0.2, -0.15) is 5.10 Å². The Labute approximate surface area is 96.0 Å². The van der Waals surface area contributed by atoms with Crippen LogP contribution in [0, 0.1) is 0 Å². The van der Waals surface area contributed by atoms with Crippen LogP contribution in [0.4, 0.5) is 0 Å². The minimum atomic E-state index is 0.360. The Morgan fingerprint density at radius 2 is 1.88 bits per heavy atom. The number of nitrogens with zero attached hydrogens (tertiary/aromatic N) is 2. The van der Waals surface area contributed by atoms with Crippen molar-refractivity contribution in [1.29, 1.82) is 0 Å². The van der Waals surface area contributed by atoms with Crippen LogP contribution in [0.25, 0.3) is 0 Å². The van der Waals surface area contributed by atoms with E-state index in [2.05, 4.69) is 15.2 Å². The Bertz CT molecular complexity index is 354. The molecule has 16 heavy (non-hydrogen) atoms. The van der Waals surface area contributed by atoms with Gasteiger partial charge in [-0.25, -0.2) is 4.98 Å². The Kier molecular flexibility index (Phi) is 2.67. The smallest absolute Gasteiger partial charge is 0.153 e. The first kappa shape index (κ1) is 10.3. The lowest BCUT2D eigenvalue weighted by atomic mass is 10.1. The molecule has 4 heteroatoms. The molecule has 2 aliphatic carbocycles. The second kappa shape index (κ2) is 4.17. The van der Waals surface area contributed by atoms with Crippen LogP contribution in [-0.2, 0) is 0 Å². The fraction of sp³-hybridized carbons (Fsp3) is 0.833. The SMILES string of the molecule is N[C@H]1CC[C@@H](c2n[nH]c(C3CCCC3)n2)C1. The molecule has 0 unspecified atom stereocenters. The summed E-state index contributed by atoms with van der Waals surface area (Å²) < 4.78 is 0. The van der Waals surface area contributed by atoms with Crippen molar-refractivity contribution in [2.24, 2.45) is 5.73 Å². The van der Waals surface area contributed by atoms with Gasteiger partial charge in [-0.05, 0) is 32.1 Å². The standard InChI is InChI=1S/C12H20N4/c13-10-6-5-9(7-10)12-14-11(15-16-12)8-3-1-2-4-8/h8-10H,1-7,13H2,(H,14,15,16)/t9-,10+/m1/s1. The van der Waals surface area contributed by atoms with Crippen LogP contribution in [0.5, 0.6) is 0 Å². The van der Waals surface area contributed by atoms with E-state index in [-0.39, 0.29) is 0 Å². The molecule has 0 bridgehead atoms. The van der Waals surface area contributed by atoms with Crippen molar-refractivity contribution in [3.63, 3.8) is 0 Å². The fourth-order valence-electron chi connectivity index (χ4n) is 3.10. The second-order valence-electron chi connectivity index (χ2n) is 5.33. The van der Waals surface area contributed by atoms with E-state index in [1.807, 2.05) is 0 Å². The molecule has 1 heterocycles. The third-order valence-corrected chi connectivity index (χ3v) is 4.10. The predicted octanol–water partition coefficient (Wildman–Crippen LogP) is 2.06. The van der Waals surface area contributed by atoms with Crippen molar-refractivity contribution in [1.82, 2.24) is 15.2 Å². The molecule has 2 aliphatic rings. The second-order valence-corrected chi connectivity index (χ2v) is 5.33. The maximum Gasteiger partial charge on any atom is 0.153 e. The normalized spacial score (nSPS) is 31.3. The van der Waals surface area contributed by atoms with Gasteiger partial charge in [-0.1, -0.05) is 12.8 Å². The molecule has 0 aromatic carbocycles. The molecule has 3 rings (SSSR count). The monoisotopic (exact) mass is 220 g/mol. The largest absolute Gasteiger partial charge is 0.328 e. The Balaban J connectivity index is 1.72. The van der Waals surface area contributed by atoms with Crippen LogP contribution in [0.1, 0.15) is 68.4 Å². The molecule has 2 fully saturated rings. The lowest BCUT2D eigenvalue weighted by Gasteiger charge is -2.04. The topological polar surface area (TPSA) is 67.6 Å². The van der Waals surface area contributed by atoms with Crippen molar-refractivity contribution in [3.05, 3.63) is 11.6 Å². The van der Waals surface area contributed by atoms with Gasteiger partial charge < -0.3 is 5.73 Å². The predicted molar refractivity (Wildman–Crippen MR) is 62.2 cm³/mol. The maximum atomic E-state index is 5.93. The van der Waals surface area contributed by atoms with E-state index in [1.165, 1.54) is 25.7 Å². The first-order valence-corrected chi connectivity index (χ1v) is 6.50. The Morgan fingerprint density at radius 1 is 1.06 bits per heavy atom. The van der Waals surface area contributed by atoms with E-state index < -0.39 is 0 Å². The van der Waals surface area contributed by atoms with Crippen molar-refractivity contribution in [2.45, 2.75) is 62.8 Å². The summed E-state index contributed by atoms with van der Waals surface area (Å²) in [6.45, 7) is 0. The summed E-state index contributed by atoms with van der Waals surface area (Å²) in [6.07, 6.45) is 8.57. The van der Waals surface area contributed by atoms with Gasteiger partial charge in [-0.15, -0.1) is 0 Å². The zero-order valence-electron chi connectivity index (χ0n) is 9.65. The number of aromatic amines is 1. The van der Waals surface area contributed by atoms with Crippen LogP contribution < -0.4 is 5.73 Å². The van der Waals surface area contributed by atoms with E-state index in [4.69, 9.17) is 5.73 Å². The number of aromatic nitrogens is 3. The minimum absolute atomic E-state index is 0.360. The van der Waals surface area contributed by atoms with E-state index >= 15 is 0 Å². The highest BCUT2D eigenvalue weighted by Gasteiger charge is 2.28. The molecule has 0 radical (unpaired) electrons. The van der Waals surface area contributed by atoms with Gasteiger partial charge in [0.25, 0.3) is 0 Å². The van der Waals surface area contributed by atoms with E-state index in [1.54, 1.807) is 0 Å². The molecule has 2 saturated carbocycles. The first-order chi connectivity index (χ1) is 7.83. The van der Waals surface area contributed by atoms with Gasteiger partial charge in [0.1, 0.15) is 5.82 Å². The molecule has 0 spiro atoms. The molecular weight excluding hydrogens is 200 g/mol. The summed E-state index contributed by atoms with van der Waals surface area (Å²) in [4.78, 5) is 4.69. The zero-order valence-corrected chi connectivity index (χ0v) is 9.65. The van der Waals surface area contributed by atoms with Crippen LogP contribution in [0.2, 0.25) is 0 Å². The van der Waals surface area contributed by atoms with Crippen molar-refractivity contribution < 1.29 is 0 Å².